The van der Waals surface area contributed by atoms with Crippen LogP contribution in [0.1, 0.15) is 11.1 Å². The van der Waals surface area contributed by atoms with E-state index in [1.54, 1.807) is 11.8 Å². The first-order chi connectivity index (χ1) is 8.16. The van der Waals surface area contributed by atoms with E-state index in [0.717, 1.165) is 21.9 Å². The molecule has 88 valence electrons. The van der Waals surface area contributed by atoms with Crippen molar-refractivity contribution in [3.05, 3.63) is 52.8 Å². The predicted octanol–water partition coefficient (Wildman–Crippen LogP) is 3.92. The number of nitrogen functional groups attached to an aromatic ring is 1. The zero-order valence-corrected chi connectivity index (χ0v) is 11.1. The second kappa shape index (κ2) is 5.43. The number of nitrogens with two attached hydrogens (primary N) is 1. The van der Waals surface area contributed by atoms with Gasteiger partial charge in [-0.1, -0.05) is 23.7 Å². The molecule has 0 spiro atoms. The molecule has 2 nitrogen and oxygen atoms in total. The van der Waals surface area contributed by atoms with Crippen molar-refractivity contribution in [2.24, 2.45) is 0 Å². The Balaban J connectivity index is 2.13. The number of aryl methyl sites for hydroxylation is 1. The van der Waals surface area contributed by atoms with Crippen LogP contribution in [-0.2, 0) is 5.75 Å². The average molecular weight is 265 g/mol. The molecule has 2 aromatic rings. The lowest BCUT2D eigenvalue weighted by atomic mass is 10.2. The summed E-state index contributed by atoms with van der Waals surface area (Å²) in [7, 11) is 0. The van der Waals surface area contributed by atoms with E-state index >= 15 is 0 Å². The molecule has 0 aliphatic rings. The lowest BCUT2D eigenvalue weighted by Gasteiger charge is -2.07. The molecule has 4 heteroatoms. The normalized spacial score (nSPS) is 10.5. The first-order valence-electron chi connectivity index (χ1n) is 5.24. The summed E-state index contributed by atoms with van der Waals surface area (Å²) in [6.07, 6.45) is 3.71. The van der Waals surface area contributed by atoms with Gasteiger partial charge in [-0.05, 0) is 30.2 Å². The fourth-order valence-corrected chi connectivity index (χ4v) is 2.78. The summed E-state index contributed by atoms with van der Waals surface area (Å²) in [6, 6.07) is 7.69. The molecule has 1 aromatic heterocycles. The Morgan fingerprint density at radius 3 is 2.88 bits per heavy atom. The number of benzene rings is 1. The Morgan fingerprint density at radius 2 is 2.18 bits per heavy atom. The van der Waals surface area contributed by atoms with Crippen molar-refractivity contribution in [1.29, 1.82) is 0 Å². The van der Waals surface area contributed by atoms with Gasteiger partial charge < -0.3 is 5.73 Å². The standard InChI is InChI=1S/C13H13ClN2S/c1-9-5-10(7-16-6-9)8-17-13-11(14)3-2-4-12(13)15/h2-7H,8,15H2,1H3. The highest BCUT2D eigenvalue weighted by atomic mass is 35.5. The predicted molar refractivity (Wildman–Crippen MR) is 74.4 cm³/mol. The van der Waals surface area contributed by atoms with Gasteiger partial charge in [0.2, 0.25) is 0 Å². The number of halogens is 1. The molecule has 0 saturated carbocycles. The molecule has 1 aromatic carbocycles. The molecule has 17 heavy (non-hydrogen) atoms. The Bertz CT molecular complexity index is 508. The van der Waals surface area contributed by atoms with Gasteiger partial charge in [0.25, 0.3) is 0 Å². The summed E-state index contributed by atoms with van der Waals surface area (Å²) in [5, 5.41) is 0.704. The molecular formula is C13H13ClN2S. The summed E-state index contributed by atoms with van der Waals surface area (Å²) >= 11 is 7.75. The van der Waals surface area contributed by atoms with Crippen molar-refractivity contribution < 1.29 is 0 Å². The third kappa shape index (κ3) is 3.14. The summed E-state index contributed by atoms with van der Waals surface area (Å²) in [5.41, 5.74) is 8.96. The second-order valence-corrected chi connectivity index (χ2v) is 5.21. The summed E-state index contributed by atoms with van der Waals surface area (Å²) in [5.74, 6) is 0.822. The third-order valence-electron chi connectivity index (χ3n) is 2.31. The largest absolute Gasteiger partial charge is 0.398 e. The summed E-state index contributed by atoms with van der Waals surface area (Å²) < 4.78 is 0. The van der Waals surface area contributed by atoms with Crippen molar-refractivity contribution in [3.8, 4) is 0 Å². The number of pyridine rings is 1. The van der Waals surface area contributed by atoms with Gasteiger partial charge in [0.05, 0.1) is 5.02 Å². The van der Waals surface area contributed by atoms with Crippen LogP contribution in [0.25, 0.3) is 0 Å². The quantitative estimate of drug-likeness (QED) is 0.675. The number of hydrogen-bond acceptors (Lipinski definition) is 3. The van der Waals surface area contributed by atoms with Crippen LogP contribution in [0.3, 0.4) is 0 Å². The van der Waals surface area contributed by atoms with Crippen LogP contribution in [0.5, 0.6) is 0 Å². The molecule has 2 N–H and O–H groups in total. The topological polar surface area (TPSA) is 38.9 Å². The Labute approximate surface area is 110 Å². The average Bonchev–Trinajstić information content (AvgIpc) is 2.28. The van der Waals surface area contributed by atoms with E-state index in [1.165, 1.54) is 5.56 Å². The molecule has 0 fully saturated rings. The summed E-state index contributed by atoms with van der Waals surface area (Å²) in [6.45, 7) is 2.03. The van der Waals surface area contributed by atoms with Gasteiger partial charge in [-0.2, -0.15) is 0 Å². The van der Waals surface area contributed by atoms with Gasteiger partial charge in [0.1, 0.15) is 0 Å². The van der Waals surface area contributed by atoms with Crippen LogP contribution in [0.15, 0.2) is 41.6 Å². The van der Waals surface area contributed by atoms with Gasteiger partial charge in [0, 0.05) is 28.7 Å². The second-order valence-electron chi connectivity index (χ2n) is 3.82. The number of hydrogen-bond donors (Lipinski definition) is 1. The van der Waals surface area contributed by atoms with Gasteiger partial charge in [-0.25, -0.2) is 0 Å². The van der Waals surface area contributed by atoms with Crippen LogP contribution in [-0.4, -0.2) is 4.98 Å². The van der Waals surface area contributed by atoms with Crippen molar-refractivity contribution >= 4 is 29.1 Å². The molecule has 0 amide bonds. The van der Waals surface area contributed by atoms with E-state index in [0.29, 0.717) is 5.02 Å². The minimum Gasteiger partial charge on any atom is -0.398 e. The highest BCUT2D eigenvalue weighted by molar-refractivity contribution is 7.98. The van der Waals surface area contributed by atoms with E-state index in [-0.39, 0.29) is 0 Å². The molecule has 0 saturated heterocycles. The first kappa shape index (κ1) is 12.3. The third-order valence-corrected chi connectivity index (χ3v) is 3.96. The molecular weight excluding hydrogens is 252 g/mol. The van der Waals surface area contributed by atoms with Crippen LogP contribution in [0.2, 0.25) is 5.02 Å². The lowest BCUT2D eigenvalue weighted by molar-refractivity contribution is 1.20. The van der Waals surface area contributed by atoms with Crippen LogP contribution in [0.4, 0.5) is 5.69 Å². The SMILES string of the molecule is Cc1cncc(CSc2c(N)cccc2Cl)c1. The first-order valence-corrected chi connectivity index (χ1v) is 6.60. The maximum atomic E-state index is 6.11. The number of aromatic nitrogens is 1. The number of rotatable bonds is 3. The van der Waals surface area contributed by atoms with Crippen molar-refractivity contribution in [2.75, 3.05) is 5.73 Å². The molecule has 0 bridgehead atoms. The Morgan fingerprint density at radius 1 is 1.35 bits per heavy atom. The van der Waals surface area contributed by atoms with E-state index in [4.69, 9.17) is 17.3 Å². The van der Waals surface area contributed by atoms with Crippen molar-refractivity contribution in [2.45, 2.75) is 17.6 Å². The number of anilines is 1. The van der Waals surface area contributed by atoms with Crippen molar-refractivity contribution in [3.63, 3.8) is 0 Å². The molecule has 2 rings (SSSR count). The molecule has 0 atom stereocenters. The van der Waals surface area contributed by atoms with Crippen molar-refractivity contribution in [1.82, 2.24) is 4.98 Å². The lowest BCUT2D eigenvalue weighted by Crippen LogP contribution is -1.90. The van der Waals surface area contributed by atoms with E-state index in [1.807, 2.05) is 37.5 Å². The minimum atomic E-state index is 0.704. The molecule has 0 aliphatic carbocycles. The van der Waals surface area contributed by atoms with Gasteiger partial charge in [-0.15, -0.1) is 11.8 Å². The zero-order valence-electron chi connectivity index (χ0n) is 9.48. The van der Waals surface area contributed by atoms with E-state index < -0.39 is 0 Å². The minimum absolute atomic E-state index is 0.704. The van der Waals surface area contributed by atoms with E-state index in [9.17, 15) is 0 Å². The number of thioether (sulfide) groups is 1. The van der Waals surface area contributed by atoms with Crippen LogP contribution >= 0.6 is 23.4 Å². The molecule has 0 radical (unpaired) electrons. The fraction of sp³-hybridized carbons (Fsp3) is 0.154. The molecule has 0 aliphatic heterocycles. The zero-order chi connectivity index (χ0) is 12.3. The maximum Gasteiger partial charge on any atom is 0.0562 e. The molecule has 1 heterocycles. The van der Waals surface area contributed by atoms with Crippen LogP contribution < -0.4 is 5.73 Å². The van der Waals surface area contributed by atoms with Gasteiger partial charge in [0.15, 0.2) is 0 Å². The van der Waals surface area contributed by atoms with Gasteiger partial charge in [-0.3, -0.25) is 4.98 Å². The monoisotopic (exact) mass is 264 g/mol. The highest BCUT2D eigenvalue weighted by Crippen LogP contribution is 2.34. The Hall–Kier alpha value is -1.19. The smallest absolute Gasteiger partial charge is 0.0562 e. The Kier molecular flexibility index (Phi) is 3.92. The number of nitrogens with zero attached hydrogens (tertiary/aromatic N) is 1. The van der Waals surface area contributed by atoms with E-state index in [2.05, 4.69) is 11.1 Å². The maximum absolute atomic E-state index is 6.11. The summed E-state index contributed by atoms with van der Waals surface area (Å²) in [4.78, 5) is 5.10. The molecule has 0 unspecified atom stereocenters. The fourth-order valence-electron chi connectivity index (χ4n) is 1.53. The highest BCUT2D eigenvalue weighted by Gasteiger charge is 2.05. The van der Waals surface area contributed by atoms with Gasteiger partial charge >= 0.3 is 0 Å². The van der Waals surface area contributed by atoms with Crippen LogP contribution in [0, 0.1) is 6.92 Å².